The van der Waals surface area contributed by atoms with E-state index in [1.807, 2.05) is 0 Å². The van der Waals surface area contributed by atoms with E-state index < -0.39 is 0 Å². The Kier molecular flexibility index (Phi) is 8.23. The molecule has 0 atom stereocenters. The highest BCUT2D eigenvalue weighted by Gasteiger charge is 2.50. The Labute approximate surface area is 171 Å². The van der Waals surface area contributed by atoms with Crippen LogP contribution in [0.3, 0.4) is 0 Å². The molecule has 4 heteroatoms. The lowest BCUT2D eigenvalue weighted by molar-refractivity contribution is -0.151. The molecule has 0 spiro atoms. The van der Waals surface area contributed by atoms with Gasteiger partial charge in [0, 0.05) is 0 Å². The Bertz CT molecular complexity index is 477. The number of rotatable bonds is 13. The van der Waals surface area contributed by atoms with Gasteiger partial charge in [-0.05, 0) is 74.5 Å². The van der Waals surface area contributed by atoms with E-state index >= 15 is 0 Å². The summed E-state index contributed by atoms with van der Waals surface area (Å²) in [5.41, 5.74) is 0.449. The highest BCUT2D eigenvalue weighted by Crippen LogP contribution is 2.61. The number of esters is 2. The second-order valence-electron chi connectivity index (χ2n) is 9.88. The Morgan fingerprint density at radius 2 is 1.25 bits per heavy atom. The molecule has 28 heavy (non-hydrogen) atoms. The molecule has 0 saturated heterocycles. The van der Waals surface area contributed by atoms with Gasteiger partial charge in [-0.15, -0.1) is 0 Å². The summed E-state index contributed by atoms with van der Waals surface area (Å²) < 4.78 is 10.7. The van der Waals surface area contributed by atoms with E-state index in [2.05, 4.69) is 6.92 Å². The van der Waals surface area contributed by atoms with Gasteiger partial charge >= 0.3 is 11.9 Å². The average Bonchev–Trinajstić information content (AvgIpc) is 2.64. The van der Waals surface area contributed by atoms with Crippen molar-refractivity contribution in [2.24, 2.45) is 23.2 Å². The molecule has 4 bridgehead atoms. The van der Waals surface area contributed by atoms with Crippen molar-refractivity contribution in [1.82, 2.24) is 0 Å². The van der Waals surface area contributed by atoms with E-state index in [1.54, 1.807) is 0 Å². The summed E-state index contributed by atoms with van der Waals surface area (Å²) in [5.74, 6) is 2.28. The third kappa shape index (κ3) is 6.49. The second-order valence-corrected chi connectivity index (χ2v) is 9.88. The van der Waals surface area contributed by atoms with Crippen molar-refractivity contribution in [3.8, 4) is 0 Å². The fraction of sp³-hybridized carbons (Fsp3) is 0.917. The molecule has 0 heterocycles. The van der Waals surface area contributed by atoms with Crippen molar-refractivity contribution in [2.75, 3.05) is 13.2 Å². The Morgan fingerprint density at radius 3 is 1.82 bits per heavy atom. The number of unbranched alkanes of at least 4 members (excludes halogenated alkanes) is 5. The van der Waals surface area contributed by atoms with Gasteiger partial charge in [0.25, 0.3) is 0 Å². The third-order valence-electron chi connectivity index (χ3n) is 7.35. The standard InChI is InChI=1S/C24H40O4/c1-2-3-4-5-6-7-11-27-22(25)8-9-23(26)28-12-10-24-16-19-13-20(17-24)15-21(14-19)18-24/h19-21H,2-18H2,1H3. The quantitative estimate of drug-likeness (QED) is 0.293. The average molecular weight is 393 g/mol. The minimum atomic E-state index is -0.272. The predicted octanol–water partition coefficient (Wildman–Crippen LogP) is 5.82. The monoisotopic (exact) mass is 392 g/mol. The molecule has 4 fully saturated rings. The molecule has 4 aliphatic carbocycles. The van der Waals surface area contributed by atoms with Crippen molar-refractivity contribution in [3.05, 3.63) is 0 Å². The van der Waals surface area contributed by atoms with Crippen LogP contribution in [0.4, 0.5) is 0 Å². The lowest BCUT2D eigenvalue weighted by Gasteiger charge is -2.57. The van der Waals surface area contributed by atoms with E-state index in [9.17, 15) is 9.59 Å². The van der Waals surface area contributed by atoms with Gasteiger partial charge in [-0.1, -0.05) is 39.0 Å². The molecule has 0 N–H and O–H groups in total. The van der Waals surface area contributed by atoms with Gasteiger partial charge in [0.1, 0.15) is 0 Å². The Balaban J connectivity index is 1.21. The van der Waals surface area contributed by atoms with Crippen molar-refractivity contribution < 1.29 is 19.1 Å². The summed E-state index contributed by atoms with van der Waals surface area (Å²) in [6, 6.07) is 0. The van der Waals surface area contributed by atoms with E-state index in [4.69, 9.17) is 9.47 Å². The fourth-order valence-electron chi connectivity index (χ4n) is 6.39. The van der Waals surface area contributed by atoms with Crippen LogP contribution in [0.5, 0.6) is 0 Å². The molecule has 4 aliphatic rings. The van der Waals surface area contributed by atoms with Crippen LogP contribution in [0.25, 0.3) is 0 Å². The predicted molar refractivity (Wildman–Crippen MR) is 110 cm³/mol. The lowest BCUT2D eigenvalue weighted by Crippen LogP contribution is -2.46. The van der Waals surface area contributed by atoms with Crippen molar-refractivity contribution >= 4 is 11.9 Å². The van der Waals surface area contributed by atoms with Crippen LogP contribution >= 0.6 is 0 Å². The molecule has 160 valence electrons. The van der Waals surface area contributed by atoms with Crippen LogP contribution in [-0.4, -0.2) is 25.2 Å². The van der Waals surface area contributed by atoms with Gasteiger partial charge in [-0.3, -0.25) is 9.59 Å². The first-order valence-corrected chi connectivity index (χ1v) is 11.9. The van der Waals surface area contributed by atoms with Gasteiger partial charge in [-0.2, -0.15) is 0 Å². The summed E-state index contributed by atoms with van der Waals surface area (Å²) in [4.78, 5) is 23.7. The minimum Gasteiger partial charge on any atom is -0.466 e. The van der Waals surface area contributed by atoms with E-state index in [-0.39, 0.29) is 24.8 Å². The number of hydrogen-bond donors (Lipinski definition) is 0. The lowest BCUT2D eigenvalue weighted by atomic mass is 9.49. The molecule has 0 amide bonds. The first-order valence-electron chi connectivity index (χ1n) is 11.9. The first-order chi connectivity index (χ1) is 13.6. The molecule has 4 saturated carbocycles. The van der Waals surface area contributed by atoms with Gasteiger partial charge in [0.15, 0.2) is 0 Å². The molecule has 0 aromatic carbocycles. The fourth-order valence-corrected chi connectivity index (χ4v) is 6.39. The second kappa shape index (κ2) is 10.6. The SMILES string of the molecule is CCCCCCCCOC(=O)CCC(=O)OCCC12CC3CC(CC(C3)C1)C2. The number of carbonyl (C=O) groups excluding carboxylic acids is 2. The van der Waals surface area contributed by atoms with Crippen LogP contribution in [0.1, 0.15) is 103 Å². The van der Waals surface area contributed by atoms with E-state index in [1.165, 1.54) is 64.2 Å². The Morgan fingerprint density at radius 1 is 0.750 bits per heavy atom. The summed E-state index contributed by atoms with van der Waals surface area (Å²) >= 11 is 0. The molecule has 4 rings (SSSR count). The van der Waals surface area contributed by atoms with Gasteiger partial charge in [0.05, 0.1) is 26.1 Å². The summed E-state index contributed by atoms with van der Waals surface area (Å²) in [6.07, 6.45) is 16.7. The zero-order valence-electron chi connectivity index (χ0n) is 17.9. The molecular formula is C24H40O4. The van der Waals surface area contributed by atoms with Crippen LogP contribution < -0.4 is 0 Å². The highest BCUT2D eigenvalue weighted by atomic mass is 16.5. The van der Waals surface area contributed by atoms with Gasteiger partial charge in [-0.25, -0.2) is 0 Å². The Hall–Kier alpha value is -1.06. The summed E-state index contributed by atoms with van der Waals surface area (Å²) in [5, 5.41) is 0. The largest absolute Gasteiger partial charge is 0.466 e. The van der Waals surface area contributed by atoms with Crippen LogP contribution in [0.2, 0.25) is 0 Å². The molecule has 0 radical (unpaired) electrons. The zero-order valence-corrected chi connectivity index (χ0v) is 17.9. The number of hydrogen-bond acceptors (Lipinski definition) is 4. The molecule has 0 unspecified atom stereocenters. The van der Waals surface area contributed by atoms with Crippen molar-refractivity contribution in [2.45, 2.75) is 103 Å². The minimum absolute atomic E-state index is 0.145. The van der Waals surface area contributed by atoms with Gasteiger partial charge < -0.3 is 9.47 Å². The maximum atomic E-state index is 12.0. The molecule has 0 aliphatic heterocycles. The van der Waals surface area contributed by atoms with E-state index in [0.717, 1.165) is 37.0 Å². The van der Waals surface area contributed by atoms with Gasteiger partial charge in [0.2, 0.25) is 0 Å². The van der Waals surface area contributed by atoms with E-state index in [0.29, 0.717) is 18.6 Å². The molecule has 0 aromatic heterocycles. The third-order valence-corrected chi connectivity index (χ3v) is 7.35. The topological polar surface area (TPSA) is 52.6 Å². The van der Waals surface area contributed by atoms with Crippen molar-refractivity contribution in [1.29, 1.82) is 0 Å². The zero-order chi connectivity index (χ0) is 19.8. The first kappa shape index (κ1) is 21.6. The van der Waals surface area contributed by atoms with Crippen molar-refractivity contribution in [3.63, 3.8) is 0 Å². The molecule has 4 nitrogen and oxygen atoms in total. The van der Waals surface area contributed by atoms with Crippen LogP contribution in [0.15, 0.2) is 0 Å². The molecular weight excluding hydrogens is 352 g/mol. The maximum absolute atomic E-state index is 12.0. The number of ether oxygens (including phenoxy) is 2. The molecule has 0 aromatic rings. The van der Waals surface area contributed by atoms with Crippen LogP contribution in [-0.2, 0) is 19.1 Å². The van der Waals surface area contributed by atoms with Crippen LogP contribution in [0, 0.1) is 23.2 Å². The maximum Gasteiger partial charge on any atom is 0.306 e. The smallest absolute Gasteiger partial charge is 0.306 e. The number of carbonyl (C=O) groups is 2. The highest BCUT2D eigenvalue weighted by molar-refractivity contribution is 5.77. The summed E-state index contributed by atoms with van der Waals surface area (Å²) in [7, 11) is 0. The summed E-state index contributed by atoms with van der Waals surface area (Å²) in [6.45, 7) is 3.21. The normalized spacial score (nSPS) is 30.4.